The van der Waals surface area contributed by atoms with Crippen molar-refractivity contribution in [1.29, 1.82) is 0 Å². The minimum absolute atomic E-state index is 0.219. The van der Waals surface area contributed by atoms with Crippen LogP contribution in [0.2, 0.25) is 0 Å². The van der Waals surface area contributed by atoms with Crippen LogP contribution in [0.25, 0.3) is 10.9 Å². The summed E-state index contributed by atoms with van der Waals surface area (Å²) in [6.45, 7) is 0. The third-order valence-corrected chi connectivity index (χ3v) is 2.58. The number of aliphatic carboxylic acids is 1. The van der Waals surface area contributed by atoms with Crippen molar-refractivity contribution < 1.29 is 9.90 Å². The van der Waals surface area contributed by atoms with Crippen LogP contribution in [0.1, 0.15) is 18.4 Å². The molecule has 0 spiro atoms. The van der Waals surface area contributed by atoms with Gasteiger partial charge >= 0.3 is 5.97 Å². The number of carboxylic acid groups (broad SMARTS) is 1. The van der Waals surface area contributed by atoms with Gasteiger partial charge in [0.1, 0.15) is 0 Å². The minimum atomic E-state index is -0.738. The van der Waals surface area contributed by atoms with Gasteiger partial charge in [0, 0.05) is 18.0 Å². The molecule has 0 fully saturated rings. The minimum Gasteiger partial charge on any atom is -0.481 e. The summed E-state index contributed by atoms with van der Waals surface area (Å²) in [5.74, 6) is -0.738. The van der Waals surface area contributed by atoms with E-state index in [4.69, 9.17) is 5.11 Å². The lowest BCUT2D eigenvalue weighted by molar-refractivity contribution is -0.137. The van der Waals surface area contributed by atoms with Crippen LogP contribution in [0.15, 0.2) is 36.5 Å². The van der Waals surface area contributed by atoms with Crippen LogP contribution in [0.4, 0.5) is 0 Å². The van der Waals surface area contributed by atoms with Gasteiger partial charge in [-0.15, -0.1) is 0 Å². The number of pyridine rings is 1. The van der Waals surface area contributed by atoms with Crippen molar-refractivity contribution in [3.8, 4) is 0 Å². The van der Waals surface area contributed by atoms with Crippen molar-refractivity contribution in [3.63, 3.8) is 0 Å². The monoisotopic (exact) mass is 215 g/mol. The fraction of sp³-hybridized carbons (Fsp3) is 0.231. The molecule has 3 heteroatoms. The van der Waals surface area contributed by atoms with E-state index in [0.717, 1.165) is 17.3 Å². The first-order valence-electron chi connectivity index (χ1n) is 5.32. The van der Waals surface area contributed by atoms with E-state index in [1.54, 1.807) is 6.20 Å². The molecule has 1 aromatic heterocycles. The van der Waals surface area contributed by atoms with Gasteiger partial charge in [-0.2, -0.15) is 0 Å². The van der Waals surface area contributed by atoms with Gasteiger partial charge < -0.3 is 5.11 Å². The average molecular weight is 215 g/mol. The molecular weight excluding hydrogens is 202 g/mol. The Hall–Kier alpha value is -1.90. The second kappa shape index (κ2) is 4.75. The standard InChI is InChI=1S/C13H13NO2/c15-13(16)7-3-4-10-8-9-14-12-6-2-1-5-11(10)12/h1-2,5-6,8-9H,3-4,7H2,(H,15,16). The smallest absolute Gasteiger partial charge is 0.303 e. The lowest BCUT2D eigenvalue weighted by Crippen LogP contribution is -1.96. The Morgan fingerprint density at radius 1 is 1.25 bits per heavy atom. The Morgan fingerprint density at radius 2 is 2.06 bits per heavy atom. The lowest BCUT2D eigenvalue weighted by Gasteiger charge is -2.04. The first-order valence-corrected chi connectivity index (χ1v) is 5.32. The van der Waals surface area contributed by atoms with Crippen molar-refractivity contribution >= 4 is 16.9 Å². The molecule has 0 aliphatic carbocycles. The molecule has 3 nitrogen and oxygen atoms in total. The number of aryl methyl sites for hydroxylation is 1. The van der Waals surface area contributed by atoms with E-state index >= 15 is 0 Å². The van der Waals surface area contributed by atoms with Crippen LogP contribution in [0.5, 0.6) is 0 Å². The number of fused-ring (bicyclic) bond motifs is 1. The van der Waals surface area contributed by atoms with Gasteiger partial charge in [-0.1, -0.05) is 18.2 Å². The normalized spacial score (nSPS) is 10.5. The maximum Gasteiger partial charge on any atom is 0.303 e. The summed E-state index contributed by atoms with van der Waals surface area (Å²) < 4.78 is 0. The molecule has 0 radical (unpaired) electrons. The second-order valence-corrected chi connectivity index (χ2v) is 3.73. The number of carboxylic acids is 1. The zero-order valence-electron chi connectivity index (χ0n) is 8.89. The maximum atomic E-state index is 10.4. The zero-order valence-corrected chi connectivity index (χ0v) is 8.89. The zero-order chi connectivity index (χ0) is 11.4. The third-order valence-electron chi connectivity index (χ3n) is 2.58. The summed E-state index contributed by atoms with van der Waals surface area (Å²) in [5, 5.41) is 9.71. The van der Waals surface area contributed by atoms with E-state index in [1.165, 1.54) is 5.56 Å². The predicted molar refractivity (Wildman–Crippen MR) is 62.3 cm³/mol. The molecule has 0 saturated heterocycles. The number of nitrogens with zero attached hydrogens (tertiary/aromatic N) is 1. The summed E-state index contributed by atoms with van der Waals surface area (Å²) >= 11 is 0. The predicted octanol–water partition coefficient (Wildman–Crippen LogP) is 2.64. The quantitative estimate of drug-likeness (QED) is 0.852. The SMILES string of the molecule is O=C(O)CCCc1ccnc2ccccc12. The van der Waals surface area contributed by atoms with Gasteiger partial charge in [0.05, 0.1) is 5.52 Å². The van der Waals surface area contributed by atoms with Gasteiger partial charge in [-0.05, 0) is 30.5 Å². The van der Waals surface area contributed by atoms with Gasteiger partial charge in [-0.3, -0.25) is 9.78 Å². The largest absolute Gasteiger partial charge is 0.481 e. The molecule has 0 bridgehead atoms. The first kappa shape index (κ1) is 10.6. The molecule has 82 valence electrons. The molecule has 1 N–H and O–H groups in total. The van der Waals surface area contributed by atoms with E-state index in [0.29, 0.717) is 6.42 Å². The molecule has 0 aliphatic heterocycles. The highest BCUT2D eigenvalue weighted by Gasteiger charge is 2.02. The molecule has 0 atom stereocenters. The molecular formula is C13H13NO2. The highest BCUT2D eigenvalue weighted by molar-refractivity contribution is 5.81. The highest BCUT2D eigenvalue weighted by atomic mass is 16.4. The Morgan fingerprint density at radius 3 is 2.88 bits per heavy atom. The molecule has 0 unspecified atom stereocenters. The van der Waals surface area contributed by atoms with Crippen molar-refractivity contribution in [2.75, 3.05) is 0 Å². The molecule has 0 amide bonds. The second-order valence-electron chi connectivity index (χ2n) is 3.73. The molecule has 2 rings (SSSR count). The summed E-state index contributed by atoms with van der Waals surface area (Å²) in [6.07, 6.45) is 3.45. The van der Waals surface area contributed by atoms with Crippen molar-refractivity contribution in [3.05, 3.63) is 42.1 Å². The number of benzene rings is 1. The Kier molecular flexibility index (Phi) is 3.15. The van der Waals surface area contributed by atoms with Gasteiger partial charge in [-0.25, -0.2) is 0 Å². The highest BCUT2D eigenvalue weighted by Crippen LogP contribution is 2.17. The molecule has 1 heterocycles. The maximum absolute atomic E-state index is 10.4. The number of hydrogen-bond donors (Lipinski definition) is 1. The number of carbonyl (C=O) groups is 1. The van der Waals surface area contributed by atoms with Crippen molar-refractivity contribution in [1.82, 2.24) is 4.98 Å². The number of rotatable bonds is 4. The molecule has 2 aromatic rings. The van der Waals surface area contributed by atoms with Crippen molar-refractivity contribution in [2.24, 2.45) is 0 Å². The number of hydrogen-bond acceptors (Lipinski definition) is 2. The van der Waals surface area contributed by atoms with Crippen LogP contribution in [0.3, 0.4) is 0 Å². The summed E-state index contributed by atoms with van der Waals surface area (Å²) in [5.41, 5.74) is 2.14. The van der Waals surface area contributed by atoms with Crippen LogP contribution >= 0.6 is 0 Å². The number of aromatic nitrogens is 1. The summed E-state index contributed by atoms with van der Waals surface area (Å²) in [7, 11) is 0. The molecule has 0 saturated carbocycles. The summed E-state index contributed by atoms with van der Waals surface area (Å²) in [4.78, 5) is 14.7. The van der Waals surface area contributed by atoms with Gasteiger partial charge in [0.15, 0.2) is 0 Å². The van der Waals surface area contributed by atoms with Crippen LogP contribution in [-0.4, -0.2) is 16.1 Å². The Bertz CT molecular complexity index is 503. The lowest BCUT2D eigenvalue weighted by atomic mass is 10.0. The fourth-order valence-corrected chi connectivity index (χ4v) is 1.80. The van der Waals surface area contributed by atoms with Crippen molar-refractivity contribution in [2.45, 2.75) is 19.3 Å². The molecule has 16 heavy (non-hydrogen) atoms. The van der Waals surface area contributed by atoms with Gasteiger partial charge in [0.2, 0.25) is 0 Å². The summed E-state index contributed by atoms with van der Waals surface area (Å²) in [6, 6.07) is 9.89. The fourth-order valence-electron chi connectivity index (χ4n) is 1.80. The van der Waals surface area contributed by atoms with Crippen LogP contribution in [0, 0.1) is 0 Å². The van der Waals surface area contributed by atoms with E-state index in [2.05, 4.69) is 4.98 Å². The van der Waals surface area contributed by atoms with E-state index in [9.17, 15) is 4.79 Å². The average Bonchev–Trinajstić information content (AvgIpc) is 2.29. The van der Waals surface area contributed by atoms with Gasteiger partial charge in [0.25, 0.3) is 0 Å². The number of para-hydroxylation sites is 1. The van der Waals surface area contributed by atoms with E-state index < -0.39 is 5.97 Å². The Balaban J connectivity index is 2.20. The molecule has 0 aliphatic rings. The van der Waals surface area contributed by atoms with Crippen LogP contribution in [-0.2, 0) is 11.2 Å². The van der Waals surface area contributed by atoms with Crippen LogP contribution < -0.4 is 0 Å². The molecule has 1 aromatic carbocycles. The van der Waals surface area contributed by atoms with E-state index in [1.807, 2.05) is 30.3 Å². The van der Waals surface area contributed by atoms with E-state index in [-0.39, 0.29) is 6.42 Å². The third kappa shape index (κ3) is 2.37. The first-order chi connectivity index (χ1) is 7.77. The topological polar surface area (TPSA) is 50.2 Å². The Labute approximate surface area is 93.7 Å².